The molecule has 1 aliphatic carbocycles. The minimum Gasteiger partial charge on any atom is -0.320 e. The van der Waals surface area contributed by atoms with E-state index in [1.54, 1.807) is 6.20 Å². The molecule has 1 atom stereocenters. The van der Waals surface area contributed by atoms with Gasteiger partial charge in [0.15, 0.2) is 0 Å². The van der Waals surface area contributed by atoms with Gasteiger partial charge in [-0.05, 0) is 41.5 Å². The Kier molecular flexibility index (Phi) is 3.11. The van der Waals surface area contributed by atoms with Crippen LogP contribution in [-0.4, -0.2) is 4.98 Å². The predicted octanol–water partition coefficient (Wildman–Crippen LogP) is 3.40. The van der Waals surface area contributed by atoms with Gasteiger partial charge >= 0.3 is 0 Å². The number of nitrogens with two attached hydrogens (primary N) is 1. The molecule has 0 radical (unpaired) electrons. The molecule has 3 rings (SSSR count). The van der Waals surface area contributed by atoms with Crippen LogP contribution < -0.4 is 5.73 Å². The number of aromatic nitrogens is 1. The molecule has 18 heavy (non-hydrogen) atoms. The van der Waals surface area contributed by atoms with Gasteiger partial charge < -0.3 is 5.73 Å². The first kappa shape index (κ1) is 11.4. The van der Waals surface area contributed by atoms with Gasteiger partial charge in [0.2, 0.25) is 0 Å². The lowest BCUT2D eigenvalue weighted by atomic mass is 9.80. The lowest BCUT2D eigenvalue weighted by Crippen LogP contribution is -2.13. The van der Waals surface area contributed by atoms with E-state index in [1.807, 2.05) is 18.3 Å². The van der Waals surface area contributed by atoms with Gasteiger partial charge in [-0.1, -0.05) is 36.8 Å². The first-order valence-electron chi connectivity index (χ1n) is 6.60. The molecule has 2 heteroatoms. The van der Waals surface area contributed by atoms with Crippen LogP contribution in [0.5, 0.6) is 0 Å². The normalized spacial score (nSPS) is 17.2. The third-order valence-electron chi connectivity index (χ3n) is 3.92. The molecule has 1 heterocycles. The van der Waals surface area contributed by atoms with Crippen LogP contribution in [0.1, 0.15) is 47.9 Å². The highest BCUT2D eigenvalue weighted by Crippen LogP contribution is 2.36. The molecular weight excluding hydrogens is 220 g/mol. The van der Waals surface area contributed by atoms with E-state index in [1.165, 1.54) is 24.8 Å². The Morgan fingerprint density at radius 2 is 1.83 bits per heavy atom. The SMILES string of the molecule is NC(c1ccc(C2CCC2)cc1)c1cccnc1. The Morgan fingerprint density at radius 3 is 2.39 bits per heavy atom. The van der Waals surface area contributed by atoms with Crippen molar-refractivity contribution in [1.82, 2.24) is 4.98 Å². The quantitative estimate of drug-likeness (QED) is 0.890. The van der Waals surface area contributed by atoms with E-state index in [-0.39, 0.29) is 6.04 Å². The molecule has 92 valence electrons. The highest BCUT2D eigenvalue weighted by molar-refractivity contribution is 5.33. The molecule has 1 aliphatic rings. The average molecular weight is 238 g/mol. The van der Waals surface area contributed by atoms with Crippen molar-refractivity contribution in [3.63, 3.8) is 0 Å². The molecule has 0 saturated heterocycles. The van der Waals surface area contributed by atoms with Crippen LogP contribution in [0.4, 0.5) is 0 Å². The summed E-state index contributed by atoms with van der Waals surface area (Å²) in [6.07, 6.45) is 7.67. The maximum absolute atomic E-state index is 6.25. The Bertz CT molecular complexity index is 500. The van der Waals surface area contributed by atoms with Crippen LogP contribution in [0.3, 0.4) is 0 Å². The van der Waals surface area contributed by atoms with E-state index in [2.05, 4.69) is 29.2 Å². The molecule has 1 aromatic carbocycles. The molecule has 0 bridgehead atoms. The highest BCUT2D eigenvalue weighted by Gasteiger charge is 2.19. The van der Waals surface area contributed by atoms with Gasteiger partial charge in [-0.2, -0.15) is 0 Å². The van der Waals surface area contributed by atoms with Crippen LogP contribution in [0, 0.1) is 0 Å². The Hall–Kier alpha value is -1.67. The summed E-state index contributed by atoms with van der Waals surface area (Å²) in [5.74, 6) is 0.786. The van der Waals surface area contributed by atoms with E-state index < -0.39 is 0 Å². The number of pyridine rings is 1. The fraction of sp³-hybridized carbons (Fsp3) is 0.312. The zero-order valence-electron chi connectivity index (χ0n) is 10.4. The van der Waals surface area contributed by atoms with Gasteiger partial charge in [0, 0.05) is 12.4 Å². The van der Waals surface area contributed by atoms with Crippen molar-refractivity contribution in [2.24, 2.45) is 5.73 Å². The maximum atomic E-state index is 6.25. The van der Waals surface area contributed by atoms with E-state index in [0.717, 1.165) is 17.0 Å². The Morgan fingerprint density at radius 1 is 1.06 bits per heavy atom. The van der Waals surface area contributed by atoms with Crippen molar-refractivity contribution in [2.45, 2.75) is 31.2 Å². The molecule has 2 aromatic rings. The summed E-state index contributed by atoms with van der Waals surface area (Å²) >= 11 is 0. The number of hydrogen-bond donors (Lipinski definition) is 1. The largest absolute Gasteiger partial charge is 0.320 e. The van der Waals surface area contributed by atoms with Crippen LogP contribution >= 0.6 is 0 Å². The maximum Gasteiger partial charge on any atom is 0.0566 e. The summed E-state index contributed by atoms with van der Waals surface area (Å²) in [6.45, 7) is 0. The predicted molar refractivity (Wildman–Crippen MR) is 73.3 cm³/mol. The van der Waals surface area contributed by atoms with Gasteiger partial charge in [-0.15, -0.1) is 0 Å². The van der Waals surface area contributed by atoms with Gasteiger partial charge in [0.25, 0.3) is 0 Å². The van der Waals surface area contributed by atoms with Gasteiger partial charge in [0.05, 0.1) is 6.04 Å². The Labute approximate surface area is 108 Å². The second kappa shape index (κ2) is 4.91. The molecule has 1 aromatic heterocycles. The standard InChI is InChI=1S/C16H18N2/c17-16(15-5-2-10-18-11-15)14-8-6-13(7-9-14)12-3-1-4-12/h2,5-12,16H,1,3-4,17H2. The molecule has 1 saturated carbocycles. The number of benzene rings is 1. The summed E-state index contributed by atoms with van der Waals surface area (Å²) < 4.78 is 0. The number of nitrogens with zero attached hydrogens (tertiary/aromatic N) is 1. The molecule has 1 fully saturated rings. The minimum atomic E-state index is -0.0749. The van der Waals surface area contributed by atoms with Crippen LogP contribution in [0.2, 0.25) is 0 Å². The Balaban J connectivity index is 1.80. The first-order valence-corrected chi connectivity index (χ1v) is 6.60. The second-order valence-corrected chi connectivity index (χ2v) is 5.06. The van der Waals surface area contributed by atoms with Gasteiger partial charge in [-0.3, -0.25) is 4.98 Å². The van der Waals surface area contributed by atoms with Crippen molar-refractivity contribution in [3.05, 3.63) is 65.5 Å². The van der Waals surface area contributed by atoms with E-state index in [9.17, 15) is 0 Å². The lowest BCUT2D eigenvalue weighted by molar-refractivity contribution is 0.419. The summed E-state index contributed by atoms with van der Waals surface area (Å²) in [5, 5.41) is 0. The fourth-order valence-corrected chi connectivity index (χ4v) is 2.47. The first-order chi connectivity index (χ1) is 8.84. The van der Waals surface area contributed by atoms with Crippen molar-refractivity contribution in [1.29, 1.82) is 0 Å². The molecular formula is C16H18N2. The molecule has 0 aliphatic heterocycles. The lowest BCUT2D eigenvalue weighted by Gasteiger charge is -2.26. The topological polar surface area (TPSA) is 38.9 Å². The summed E-state index contributed by atoms with van der Waals surface area (Å²) in [6, 6.07) is 12.7. The zero-order chi connectivity index (χ0) is 12.4. The van der Waals surface area contributed by atoms with Crippen molar-refractivity contribution in [2.75, 3.05) is 0 Å². The van der Waals surface area contributed by atoms with E-state index in [4.69, 9.17) is 5.73 Å². The van der Waals surface area contributed by atoms with Crippen molar-refractivity contribution < 1.29 is 0 Å². The van der Waals surface area contributed by atoms with Gasteiger partial charge in [-0.25, -0.2) is 0 Å². The van der Waals surface area contributed by atoms with Crippen LogP contribution in [0.15, 0.2) is 48.8 Å². The average Bonchev–Trinajstić information content (AvgIpc) is 2.38. The third-order valence-corrected chi connectivity index (χ3v) is 3.92. The molecule has 0 spiro atoms. The van der Waals surface area contributed by atoms with Crippen molar-refractivity contribution >= 4 is 0 Å². The van der Waals surface area contributed by atoms with Crippen molar-refractivity contribution in [3.8, 4) is 0 Å². The van der Waals surface area contributed by atoms with Gasteiger partial charge in [0.1, 0.15) is 0 Å². The monoisotopic (exact) mass is 238 g/mol. The smallest absolute Gasteiger partial charge is 0.0566 e. The molecule has 1 unspecified atom stereocenters. The summed E-state index contributed by atoms with van der Waals surface area (Å²) in [7, 11) is 0. The fourth-order valence-electron chi connectivity index (χ4n) is 2.47. The highest BCUT2D eigenvalue weighted by atomic mass is 14.7. The molecule has 2 nitrogen and oxygen atoms in total. The third kappa shape index (κ3) is 2.16. The summed E-state index contributed by atoms with van der Waals surface area (Å²) in [4.78, 5) is 4.12. The minimum absolute atomic E-state index is 0.0749. The molecule has 0 amide bonds. The summed E-state index contributed by atoms with van der Waals surface area (Å²) in [5.41, 5.74) is 9.93. The molecule has 2 N–H and O–H groups in total. The zero-order valence-corrected chi connectivity index (χ0v) is 10.4. The van der Waals surface area contributed by atoms with Crippen LogP contribution in [-0.2, 0) is 0 Å². The van der Waals surface area contributed by atoms with Crippen LogP contribution in [0.25, 0.3) is 0 Å². The van der Waals surface area contributed by atoms with E-state index in [0.29, 0.717) is 0 Å². The van der Waals surface area contributed by atoms with E-state index >= 15 is 0 Å². The number of hydrogen-bond acceptors (Lipinski definition) is 2. The number of rotatable bonds is 3. The second-order valence-electron chi connectivity index (χ2n) is 5.06.